The number of amides is 1. The Morgan fingerprint density at radius 1 is 0.767 bits per heavy atom. The molecule has 0 aliphatic carbocycles. The Kier molecular flexibility index (Phi) is 7.19. The Morgan fingerprint density at radius 2 is 1.30 bits per heavy atom. The first-order chi connectivity index (χ1) is 21.1. The van der Waals surface area contributed by atoms with Crippen molar-refractivity contribution in [2.24, 2.45) is 0 Å². The molecule has 2 saturated heterocycles. The number of fused-ring (bicyclic) bond motifs is 3. The van der Waals surface area contributed by atoms with Crippen LogP contribution < -0.4 is 15.1 Å². The Morgan fingerprint density at radius 3 is 1.86 bits per heavy atom. The van der Waals surface area contributed by atoms with E-state index < -0.39 is 0 Å². The van der Waals surface area contributed by atoms with Gasteiger partial charge in [0.1, 0.15) is 11.6 Å². The van der Waals surface area contributed by atoms with Gasteiger partial charge in [0.05, 0.1) is 22.0 Å². The van der Waals surface area contributed by atoms with Crippen molar-refractivity contribution in [3.05, 3.63) is 76.8 Å². The lowest BCUT2D eigenvalue weighted by Crippen LogP contribution is -2.60. The second-order valence-electron chi connectivity index (χ2n) is 11.6. The van der Waals surface area contributed by atoms with Crippen LogP contribution in [0.5, 0.6) is 0 Å². The van der Waals surface area contributed by atoms with E-state index >= 15 is 0 Å². The third kappa shape index (κ3) is 5.15. The number of carbonyl (C=O) groups is 1. The van der Waals surface area contributed by atoms with Crippen molar-refractivity contribution < 1.29 is 4.79 Å². The van der Waals surface area contributed by atoms with Gasteiger partial charge in [0.25, 0.3) is 0 Å². The van der Waals surface area contributed by atoms with Crippen molar-refractivity contribution in [2.75, 3.05) is 67.5 Å². The van der Waals surface area contributed by atoms with E-state index in [2.05, 4.69) is 79.5 Å². The summed E-state index contributed by atoms with van der Waals surface area (Å²) >= 11 is 10.0. The number of piperazine rings is 2. The number of aromatic nitrogens is 2. The summed E-state index contributed by atoms with van der Waals surface area (Å²) in [6.07, 6.45) is 1.45. The van der Waals surface area contributed by atoms with Gasteiger partial charge in [0, 0.05) is 80.3 Å². The highest BCUT2D eigenvalue weighted by Gasteiger charge is 2.33. The highest BCUT2D eigenvalue weighted by atomic mass is 35.5. The molecule has 0 radical (unpaired) electrons. The molecule has 0 atom stereocenters. The molecule has 3 aliphatic rings. The minimum Gasteiger partial charge on any atom is -0.353 e. The van der Waals surface area contributed by atoms with Crippen molar-refractivity contribution in [1.29, 1.82) is 0 Å². The van der Waals surface area contributed by atoms with Gasteiger partial charge < -0.3 is 15.1 Å². The van der Waals surface area contributed by atoms with Crippen LogP contribution in [-0.2, 0) is 17.6 Å². The number of nitrogens with zero attached hydrogens (tertiary/aromatic N) is 6. The lowest BCUT2D eigenvalue weighted by molar-refractivity contribution is -0.115. The predicted molar refractivity (Wildman–Crippen MR) is 178 cm³/mol. The van der Waals surface area contributed by atoms with E-state index in [9.17, 15) is 4.79 Å². The first kappa shape index (κ1) is 27.3. The number of benzene rings is 3. The Bertz CT molecular complexity index is 1710. The minimum atomic E-state index is 0.0381. The fourth-order valence-electron chi connectivity index (χ4n) is 6.81. The van der Waals surface area contributed by atoms with E-state index in [0.29, 0.717) is 6.42 Å². The van der Waals surface area contributed by atoms with Gasteiger partial charge in [0.2, 0.25) is 5.91 Å². The molecule has 0 unspecified atom stereocenters. The number of halogens is 1. The van der Waals surface area contributed by atoms with Crippen LogP contribution in [0, 0.1) is 0 Å². The first-order valence-electron chi connectivity index (χ1n) is 14.9. The highest BCUT2D eigenvalue weighted by Crippen LogP contribution is 2.34. The van der Waals surface area contributed by atoms with E-state index in [-0.39, 0.29) is 12.1 Å². The summed E-state index contributed by atoms with van der Waals surface area (Å²) in [7, 11) is 0. The number of rotatable bonds is 6. The van der Waals surface area contributed by atoms with Gasteiger partial charge in [-0.15, -0.1) is 0 Å². The second kappa shape index (κ2) is 11.3. The summed E-state index contributed by atoms with van der Waals surface area (Å²) in [5, 5.41) is 6.16. The van der Waals surface area contributed by atoms with Crippen LogP contribution in [0.3, 0.4) is 0 Å². The Labute approximate surface area is 263 Å². The molecule has 5 aromatic rings. The third-order valence-electron chi connectivity index (χ3n) is 9.09. The molecule has 8 rings (SSSR count). The van der Waals surface area contributed by atoms with Gasteiger partial charge in [-0.2, -0.15) is 8.75 Å². The van der Waals surface area contributed by atoms with Gasteiger partial charge >= 0.3 is 0 Å². The molecule has 2 fully saturated rings. The normalized spacial score (nSPS) is 18.2. The molecule has 2 aromatic heterocycles. The zero-order chi connectivity index (χ0) is 28.9. The molecule has 43 heavy (non-hydrogen) atoms. The molecule has 1 N–H and O–H groups in total. The van der Waals surface area contributed by atoms with E-state index in [4.69, 9.17) is 20.3 Å². The summed E-state index contributed by atoms with van der Waals surface area (Å²) in [6.45, 7) is 7.56. The molecule has 220 valence electrons. The molecular formula is C32H32ClN7OS2. The monoisotopic (exact) mass is 629 g/mol. The minimum absolute atomic E-state index is 0.0381. The van der Waals surface area contributed by atoms with E-state index in [0.717, 1.165) is 92.3 Å². The molecule has 8 nitrogen and oxygen atoms in total. The van der Waals surface area contributed by atoms with Crippen LogP contribution in [0.25, 0.3) is 20.2 Å². The third-order valence-corrected chi connectivity index (χ3v) is 11.1. The topological polar surface area (TPSA) is 67.8 Å². The van der Waals surface area contributed by atoms with E-state index in [1.807, 2.05) is 6.07 Å². The average molecular weight is 630 g/mol. The summed E-state index contributed by atoms with van der Waals surface area (Å²) < 4.78 is 12.1. The van der Waals surface area contributed by atoms with Gasteiger partial charge in [-0.3, -0.25) is 14.6 Å². The van der Waals surface area contributed by atoms with Gasteiger partial charge in [0.15, 0.2) is 0 Å². The lowest BCUT2D eigenvalue weighted by Gasteiger charge is -2.47. The highest BCUT2D eigenvalue weighted by molar-refractivity contribution is 7.14. The number of hydrogen-bond acceptors (Lipinski definition) is 9. The summed E-state index contributed by atoms with van der Waals surface area (Å²) in [5.74, 6) is 2.26. The molecule has 3 aliphatic heterocycles. The fourth-order valence-corrected chi connectivity index (χ4v) is 8.64. The Balaban J connectivity index is 1.03. The van der Waals surface area contributed by atoms with Crippen molar-refractivity contribution in [3.8, 4) is 0 Å². The van der Waals surface area contributed by atoms with Gasteiger partial charge in [-0.05, 0) is 64.5 Å². The predicted octanol–water partition coefficient (Wildman–Crippen LogP) is 5.57. The average Bonchev–Trinajstić information content (AvgIpc) is 3.76. The molecular weight excluding hydrogens is 598 g/mol. The number of carbonyl (C=O) groups excluding carboxylic acids is 1. The smallest absolute Gasteiger partial charge is 0.228 e. The SMILES string of the molecule is O=C1Cc2cc(CC(N3CCN(c4nsc5ccccc45)CC3)N3CCN(c4nsc5ccccc45)CC3)c(Cl)cc2N1. The van der Waals surface area contributed by atoms with Crippen LogP contribution in [0.15, 0.2) is 60.7 Å². The van der Waals surface area contributed by atoms with Crippen molar-refractivity contribution in [1.82, 2.24) is 18.5 Å². The maximum atomic E-state index is 12.1. The van der Waals surface area contributed by atoms with Gasteiger partial charge in [-0.25, -0.2) is 0 Å². The maximum Gasteiger partial charge on any atom is 0.228 e. The fraction of sp³-hybridized carbons (Fsp3) is 0.344. The van der Waals surface area contributed by atoms with Crippen LogP contribution in [0.1, 0.15) is 11.1 Å². The van der Waals surface area contributed by atoms with E-state index in [1.165, 1.54) is 20.2 Å². The van der Waals surface area contributed by atoms with Crippen LogP contribution >= 0.6 is 34.7 Å². The zero-order valence-electron chi connectivity index (χ0n) is 23.7. The van der Waals surface area contributed by atoms with Crippen LogP contribution in [0.2, 0.25) is 5.02 Å². The molecule has 1 amide bonds. The van der Waals surface area contributed by atoms with Crippen molar-refractivity contribution >= 4 is 78.1 Å². The van der Waals surface area contributed by atoms with Crippen LogP contribution in [0.4, 0.5) is 17.3 Å². The van der Waals surface area contributed by atoms with Crippen molar-refractivity contribution in [2.45, 2.75) is 19.0 Å². The lowest BCUT2D eigenvalue weighted by atomic mass is 10.0. The van der Waals surface area contributed by atoms with Gasteiger partial charge in [-0.1, -0.05) is 41.9 Å². The molecule has 5 heterocycles. The zero-order valence-corrected chi connectivity index (χ0v) is 26.1. The quantitative estimate of drug-likeness (QED) is 0.264. The molecule has 3 aromatic carbocycles. The largest absolute Gasteiger partial charge is 0.353 e. The maximum absolute atomic E-state index is 12.1. The molecule has 11 heteroatoms. The molecule has 0 saturated carbocycles. The van der Waals surface area contributed by atoms with Crippen LogP contribution in [-0.4, -0.2) is 83.0 Å². The van der Waals surface area contributed by atoms with E-state index in [1.54, 1.807) is 23.1 Å². The Hall–Kier alpha value is -3.28. The summed E-state index contributed by atoms with van der Waals surface area (Å²) in [4.78, 5) is 22.2. The molecule has 0 bridgehead atoms. The number of anilines is 3. The van der Waals surface area contributed by atoms with Crippen molar-refractivity contribution in [3.63, 3.8) is 0 Å². The second-order valence-corrected chi connectivity index (χ2v) is 13.6. The summed E-state index contributed by atoms with van der Waals surface area (Å²) in [5.41, 5.74) is 3.01. The number of nitrogens with one attached hydrogen (secondary N) is 1. The molecule has 0 spiro atoms. The summed E-state index contributed by atoms with van der Waals surface area (Å²) in [6, 6.07) is 21.1. The standard InChI is InChI=1S/C32H32ClN7OS2/c33-25-20-26-22(18-29(41)34-26)17-21(25)19-30(37-9-13-39(14-10-37)31-23-5-1-3-7-27(23)42-35-31)38-11-15-40(16-12-38)32-24-6-2-4-8-28(24)43-36-32/h1-8,17,20,30H,9-16,18-19H2,(H,34,41). The first-order valence-corrected chi connectivity index (χ1v) is 16.8. The number of hydrogen-bond donors (Lipinski definition) is 1.